The molecule has 0 fully saturated rings. The van der Waals surface area contributed by atoms with Crippen LogP contribution in [-0.4, -0.2) is 22.9 Å². The molecule has 1 unspecified atom stereocenters. The third-order valence-corrected chi connectivity index (χ3v) is 4.74. The molecule has 2 N–H and O–H groups in total. The SMILES string of the molecule is CC(C)(C)c1ccc(C(=O)CC(NCc2cccs2)C(=O)O)cc1. The van der Waals surface area contributed by atoms with E-state index in [1.54, 1.807) is 23.5 Å². The van der Waals surface area contributed by atoms with E-state index in [1.807, 2.05) is 29.6 Å². The fourth-order valence-corrected chi connectivity index (χ4v) is 3.00. The maximum atomic E-state index is 12.4. The van der Waals surface area contributed by atoms with Gasteiger partial charge in [-0.2, -0.15) is 0 Å². The Morgan fingerprint density at radius 3 is 2.33 bits per heavy atom. The van der Waals surface area contributed by atoms with Gasteiger partial charge < -0.3 is 5.11 Å². The van der Waals surface area contributed by atoms with Crippen LogP contribution < -0.4 is 5.32 Å². The lowest BCUT2D eigenvalue weighted by atomic mass is 9.86. The normalized spacial score (nSPS) is 12.8. The van der Waals surface area contributed by atoms with E-state index < -0.39 is 12.0 Å². The van der Waals surface area contributed by atoms with Crippen molar-refractivity contribution in [2.45, 2.75) is 45.2 Å². The summed E-state index contributed by atoms with van der Waals surface area (Å²) in [6, 6.07) is 10.4. The van der Waals surface area contributed by atoms with E-state index in [0.717, 1.165) is 10.4 Å². The Labute approximate surface area is 146 Å². The number of benzene rings is 1. The summed E-state index contributed by atoms with van der Waals surface area (Å²) >= 11 is 1.56. The van der Waals surface area contributed by atoms with Crippen LogP contribution in [0.5, 0.6) is 0 Å². The Kier molecular flexibility index (Phi) is 5.91. The zero-order valence-electron chi connectivity index (χ0n) is 14.2. The van der Waals surface area contributed by atoms with Crippen LogP contribution in [-0.2, 0) is 16.8 Å². The van der Waals surface area contributed by atoms with Crippen molar-refractivity contribution >= 4 is 23.1 Å². The van der Waals surface area contributed by atoms with Gasteiger partial charge in [0.05, 0.1) is 0 Å². The first-order chi connectivity index (χ1) is 11.3. The number of ketones is 1. The van der Waals surface area contributed by atoms with E-state index in [9.17, 15) is 14.7 Å². The van der Waals surface area contributed by atoms with E-state index in [2.05, 4.69) is 26.1 Å². The molecule has 1 aromatic heterocycles. The molecule has 0 bridgehead atoms. The number of rotatable bonds is 7. The second kappa shape index (κ2) is 7.73. The summed E-state index contributed by atoms with van der Waals surface area (Å²) in [4.78, 5) is 24.8. The van der Waals surface area contributed by atoms with Crippen LogP contribution in [0.4, 0.5) is 0 Å². The fourth-order valence-electron chi connectivity index (χ4n) is 2.34. The summed E-state index contributed by atoms with van der Waals surface area (Å²) in [5, 5.41) is 14.2. The van der Waals surface area contributed by atoms with Gasteiger partial charge in [-0.3, -0.25) is 14.9 Å². The van der Waals surface area contributed by atoms with Crippen molar-refractivity contribution in [3.8, 4) is 0 Å². The second-order valence-electron chi connectivity index (χ2n) is 6.81. The number of hydrogen-bond acceptors (Lipinski definition) is 4. The van der Waals surface area contributed by atoms with E-state index >= 15 is 0 Å². The topological polar surface area (TPSA) is 66.4 Å². The van der Waals surface area contributed by atoms with Gasteiger partial charge in [0.15, 0.2) is 5.78 Å². The standard InChI is InChI=1S/C19H23NO3S/c1-19(2,3)14-8-6-13(7-9-14)17(21)11-16(18(22)23)20-12-15-5-4-10-24-15/h4-10,16,20H,11-12H2,1-3H3,(H,22,23). The summed E-state index contributed by atoms with van der Waals surface area (Å²) in [7, 11) is 0. The Morgan fingerprint density at radius 2 is 1.83 bits per heavy atom. The fraction of sp³-hybridized carbons (Fsp3) is 0.368. The van der Waals surface area contributed by atoms with Crippen LogP contribution in [0.25, 0.3) is 0 Å². The molecule has 5 heteroatoms. The first-order valence-electron chi connectivity index (χ1n) is 7.89. The van der Waals surface area contributed by atoms with Gasteiger partial charge in [-0.25, -0.2) is 0 Å². The molecule has 0 radical (unpaired) electrons. The highest BCUT2D eigenvalue weighted by Crippen LogP contribution is 2.22. The maximum Gasteiger partial charge on any atom is 0.321 e. The largest absolute Gasteiger partial charge is 0.480 e. The molecule has 4 nitrogen and oxygen atoms in total. The van der Waals surface area contributed by atoms with E-state index in [0.29, 0.717) is 12.1 Å². The lowest BCUT2D eigenvalue weighted by Gasteiger charge is -2.19. The molecule has 0 amide bonds. The molecule has 0 aliphatic heterocycles. The van der Waals surface area contributed by atoms with Gasteiger partial charge in [-0.1, -0.05) is 51.1 Å². The minimum Gasteiger partial charge on any atom is -0.480 e. The van der Waals surface area contributed by atoms with Crippen molar-refractivity contribution in [3.05, 3.63) is 57.8 Å². The van der Waals surface area contributed by atoms with Crippen LogP contribution in [0.3, 0.4) is 0 Å². The molecule has 0 saturated heterocycles. The highest BCUT2D eigenvalue weighted by Gasteiger charge is 2.22. The molecule has 0 saturated carbocycles. The highest BCUT2D eigenvalue weighted by atomic mass is 32.1. The molecule has 0 spiro atoms. The summed E-state index contributed by atoms with van der Waals surface area (Å²) in [5.74, 6) is -1.17. The maximum absolute atomic E-state index is 12.4. The van der Waals surface area contributed by atoms with Crippen molar-refractivity contribution in [1.82, 2.24) is 5.32 Å². The number of nitrogens with one attached hydrogen (secondary N) is 1. The molecular weight excluding hydrogens is 322 g/mol. The number of hydrogen-bond donors (Lipinski definition) is 2. The van der Waals surface area contributed by atoms with Gasteiger partial charge in [0, 0.05) is 23.4 Å². The smallest absolute Gasteiger partial charge is 0.321 e. The number of carboxylic acids is 1. The number of carbonyl (C=O) groups excluding carboxylic acids is 1. The number of aliphatic carboxylic acids is 1. The number of carbonyl (C=O) groups is 2. The van der Waals surface area contributed by atoms with Gasteiger partial charge in [0.1, 0.15) is 6.04 Å². The summed E-state index contributed by atoms with van der Waals surface area (Å²) in [6.07, 6.45) is -0.0599. The van der Waals surface area contributed by atoms with Gasteiger partial charge in [0.2, 0.25) is 0 Å². The lowest BCUT2D eigenvalue weighted by Crippen LogP contribution is -2.38. The summed E-state index contributed by atoms with van der Waals surface area (Å²) in [5.41, 5.74) is 1.71. The minimum atomic E-state index is -1.01. The van der Waals surface area contributed by atoms with E-state index in [1.165, 1.54) is 0 Å². The van der Waals surface area contributed by atoms with Gasteiger partial charge in [-0.05, 0) is 22.4 Å². The molecule has 1 heterocycles. The average molecular weight is 345 g/mol. The van der Waals surface area contributed by atoms with E-state index in [-0.39, 0.29) is 17.6 Å². The Morgan fingerprint density at radius 1 is 1.17 bits per heavy atom. The van der Waals surface area contributed by atoms with Crippen molar-refractivity contribution in [1.29, 1.82) is 0 Å². The molecule has 24 heavy (non-hydrogen) atoms. The molecule has 0 aliphatic carbocycles. The molecule has 1 aromatic carbocycles. The summed E-state index contributed by atoms with van der Waals surface area (Å²) in [6.45, 7) is 6.78. The number of Topliss-reactive ketones (excluding diaryl/α,β-unsaturated/α-hetero) is 1. The highest BCUT2D eigenvalue weighted by molar-refractivity contribution is 7.09. The van der Waals surface area contributed by atoms with Gasteiger partial charge in [0.25, 0.3) is 0 Å². The number of carboxylic acid groups (broad SMARTS) is 1. The Bertz CT molecular complexity index is 684. The summed E-state index contributed by atoms with van der Waals surface area (Å²) < 4.78 is 0. The molecular formula is C19H23NO3S. The molecule has 2 rings (SSSR count). The predicted octanol–water partition coefficient (Wildman–Crippen LogP) is 3.86. The Balaban J connectivity index is 2.00. The first kappa shape index (κ1) is 18.4. The van der Waals surface area contributed by atoms with Crippen molar-refractivity contribution in [2.75, 3.05) is 0 Å². The first-order valence-corrected chi connectivity index (χ1v) is 8.77. The molecule has 128 valence electrons. The monoisotopic (exact) mass is 345 g/mol. The third-order valence-electron chi connectivity index (χ3n) is 3.86. The second-order valence-corrected chi connectivity index (χ2v) is 7.84. The quantitative estimate of drug-likeness (QED) is 0.748. The lowest BCUT2D eigenvalue weighted by molar-refractivity contribution is -0.139. The van der Waals surface area contributed by atoms with Crippen LogP contribution in [0.1, 0.15) is 48.0 Å². The third kappa shape index (κ3) is 5.01. The van der Waals surface area contributed by atoms with Crippen molar-refractivity contribution in [3.63, 3.8) is 0 Å². The van der Waals surface area contributed by atoms with Gasteiger partial charge in [-0.15, -0.1) is 11.3 Å². The van der Waals surface area contributed by atoms with Crippen LogP contribution in [0.2, 0.25) is 0 Å². The molecule has 2 aromatic rings. The van der Waals surface area contributed by atoms with Gasteiger partial charge >= 0.3 is 5.97 Å². The Hall–Kier alpha value is -1.98. The van der Waals surface area contributed by atoms with Crippen LogP contribution in [0, 0.1) is 0 Å². The van der Waals surface area contributed by atoms with Crippen molar-refractivity contribution < 1.29 is 14.7 Å². The molecule has 1 atom stereocenters. The average Bonchev–Trinajstić information content (AvgIpc) is 3.03. The van der Waals surface area contributed by atoms with E-state index in [4.69, 9.17) is 0 Å². The zero-order valence-corrected chi connectivity index (χ0v) is 15.0. The van der Waals surface area contributed by atoms with Crippen molar-refractivity contribution in [2.24, 2.45) is 0 Å². The zero-order chi connectivity index (χ0) is 17.7. The van der Waals surface area contributed by atoms with Crippen LogP contribution >= 0.6 is 11.3 Å². The molecule has 0 aliphatic rings. The number of thiophene rings is 1. The predicted molar refractivity (Wildman–Crippen MR) is 96.7 cm³/mol. The van der Waals surface area contributed by atoms with Crippen LogP contribution in [0.15, 0.2) is 41.8 Å². The minimum absolute atomic E-state index is 0.0213.